The normalized spacial score (nSPS) is 25.5. The molecule has 0 aromatic heterocycles. The average Bonchev–Trinajstić information content (AvgIpc) is 2.76. The summed E-state index contributed by atoms with van der Waals surface area (Å²) in [7, 11) is -3.07. The van der Waals surface area contributed by atoms with Crippen molar-refractivity contribution in [3.05, 3.63) is 0 Å². The van der Waals surface area contributed by atoms with Gasteiger partial charge in [-0.2, -0.15) is 0 Å². The Morgan fingerprint density at radius 1 is 1.18 bits per heavy atom. The second-order valence-corrected chi connectivity index (χ2v) is 6.76. The van der Waals surface area contributed by atoms with Gasteiger partial charge in [0.1, 0.15) is 0 Å². The minimum atomic E-state index is -3.07. The van der Waals surface area contributed by atoms with Crippen LogP contribution in [0.5, 0.6) is 0 Å². The summed E-state index contributed by atoms with van der Waals surface area (Å²) in [6, 6.07) is 0. The Morgan fingerprint density at radius 3 is 2.29 bits per heavy atom. The third-order valence-corrected chi connectivity index (χ3v) is 5.40. The second-order valence-electron chi connectivity index (χ2n) is 4.68. The zero-order valence-electron chi connectivity index (χ0n) is 10.4. The molecule has 100 valence electrons. The average molecular weight is 263 g/mol. The Bertz CT molecular complexity index is 338. The zero-order chi connectivity index (χ0) is 12.4. The van der Waals surface area contributed by atoms with Crippen LogP contribution < -0.4 is 0 Å². The van der Waals surface area contributed by atoms with Gasteiger partial charge in [0.25, 0.3) is 0 Å². The molecule has 2 aliphatic rings. The first kappa shape index (κ1) is 13.3. The molecule has 2 heterocycles. The molecule has 0 N–H and O–H groups in total. The molecule has 0 aromatic rings. The summed E-state index contributed by atoms with van der Waals surface area (Å²) in [6.07, 6.45) is 2.94. The van der Waals surface area contributed by atoms with Crippen molar-refractivity contribution in [3.8, 4) is 0 Å². The van der Waals surface area contributed by atoms with E-state index in [0.29, 0.717) is 39.1 Å². The van der Waals surface area contributed by atoms with Crippen LogP contribution in [0.4, 0.5) is 0 Å². The van der Waals surface area contributed by atoms with E-state index in [-0.39, 0.29) is 5.75 Å². The fourth-order valence-electron chi connectivity index (χ4n) is 2.35. The van der Waals surface area contributed by atoms with Crippen molar-refractivity contribution in [1.29, 1.82) is 0 Å². The smallest absolute Gasteiger partial charge is 0.214 e. The van der Waals surface area contributed by atoms with E-state index in [4.69, 9.17) is 9.47 Å². The zero-order valence-corrected chi connectivity index (χ0v) is 11.2. The first-order valence-electron chi connectivity index (χ1n) is 6.34. The molecule has 17 heavy (non-hydrogen) atoms. The van der Waals surface area contributed by atoms with Crippen molar-refractivity contribution in [1.82, 2.24) is 4.31 Å². The summed E-state index contributed by atoms with van der Waals surface area (Å²) in [6.45, 7) is 4.30. The quantitative estimate of drug-likeness (QED) is 0.758. The lowest BCUT2D eigenvalue weighted by Gasteiger charge is -2.36. The van der Waals surface area contributed by atoms with Crippen molar-refractivity contribution in [2.45, 2.75) is 38.4 Å². The van der Waals surface area contributed by atoms with Crippen LogP contribution in [-0.4, -0.2) is 50.6 Å². The van der Waals surface area contributed by atoms with Gasteiger partial charge in [-0.15, -0.1) is 0 Å². The van der Waals surface area contributed by atoms with E-state index in [1.165, 1.54) is 0 Å². The van der Waals surface area contributed by atoms with E-state index < -0.39 is 15.8 Å². The maximum atomic E-state index is 12.0. The number of sulfonamides is 1. The maximum Gasteiger partial charge on any atom is 0.214 e. The molecule has 0 bridgehead atoms. The highest BCUT2D eigenvalue weighted by Gasteiger charge is 2.42. The van der Waals surface area contributed by atoms with Crippen LogP contribution in [0.25, 0.3) is 0 Å². The SMILES string of the molecule is CCCCS(=O)(=O)N1CCC2(CC1)OCCO2. The van der Waals surface area contributed by atoms with E-state index in [1.807, 2.05) is 6.92 Å². The van der Waals surface area contributed by atoms with Crippen molar-refractivity contribution in [2.75, 3.05) is 32.1 Å². The van der Waals surface area contributed by atoms with Crippen LogP contribution in [0.2, 0.25) is 0 Å². The van der Waals surface area contributed by atoms with Gasteiger partial charge in [0.2, 0.25) is 10.0 Å². The minimum Gasteiger partial charge on any atom is -0.347 e. The third kappa shape index (κ3) is 2.99. The topological polar surface area (TPSA) is 55.8 Å². The van der Waals surface area contributed by atoms with Crippen LogP contribution >= 0.6 is 0 Å². The van der Waals surface area contributed by atoms with Gasteiger partial charge in [-0.25, -0.2) is 12.7 Å². The molecule has 0 amide bonds. The lowest BCUT2D eigenvalue weighted by atomic mass is 10.1. The molecule has 2 rings (SSSR count). The molecule has 5 nitrogen and oxygen atoms in total. The summed E-state index contributed by atoms with van der Waals surface area (Å²) >= 11 is 0. The molecule has 0 aliphatic carbocycles. The number of unbranched alkanes of at least 4 members (excludes halogenated alkanes) is 1. The number of hydrogen-bond acceptors (Lipinski definition) is 4. The van der Waals surface area contributed by atoms with E-state index in [2.05, 4.69) is 0 Å². The summed E-state index contributed by atoms with van der Waals surface area (Å²) in [5.74, 6) is -0.227. The van der Waals surface area contributed by atoms with Crippen molar-refractivity contribution >= 4 is 10.0 Å². The Morgan fingerprint density at radius 2 is 1.76 bits per heavy atom. The molecule has 2 fully saturated rings. The number of ether oxygens (including phenoxy) is 2. The van der Waals surface area contributed by atoms with Crippen LogP contribution in [0.15, 0.2) is 0 Å². The van der Waals surface area contributed by atoms with Gasteiger partial charge in [0.05, 0.1) is 19.0 Å². The van der Waals surface area contributed by atoms with Crippen LogP contribution in [0.3, 0.4) is 0 Å². The van der Waals surface area contributed by atoms with Gasteiger partial charge in [-0.05, 0) is 6.42 Å². The van der Waals surface area contributed by atoms with E-state index in [1.54, 1.807) is 4.31 Å². The van der Waals surface area contributed by atoms with Crippen LogP contribution in [0, 0.1) is 0 Å². The highest BCUT2D eigenvalue weighted by Crippen LogP contribution is 2.32. The van der Waals surface area contributed by atoms with Gasteiger partial charge in [-0.3, -0.25) is 0 Å². The van der Waals surface area contributed by atoms with Crippen LogP contribution in [0.1, 0.15) is 32.6 Å². The predicted molar refractivity (Wildman–Crippen MR) is 64.1 cm³/mol. The minimum absolute atomic E-state index is 0.262. The molecule has 1 spiro atoms. The summed E-state index contributed by atoms with van der Waals surface area (Å²) in [4.78, 5) is 0. The van der Waals surface area contributed by atoms with Gasteiger partial charge in [0, 0.05) is 25.9 Å². The largest absolute Gasteiger partial charge is 0.347 e. The van der Waals surface area contributed by atoms with Crippen molar-refractivity contribution in [2.24, 2.45) is 0 Å². The van der Waals surface area contributed by atoms with Crippen molar-refractivity contribution < 1.29 is 17.9 Å². The van der Waals surface area contributed by atoms with E-state index in [0.717, 1.165) is 12.8 Å². The first-order chi connectivity index (χ1) is 8.08. The van der Waals surface area contributed by atoms with Crippen molar-refractivity contribution in [3.63, 3.8) is 0 Å². The molecule has 6 heteroatoms. The standard InChI is InChI=1S/C11H21NO4S/c1-2-3-10-17(13,14)12-6-4-11(5-7-12)15-8-9-16-11/h2-10H2,1H3. The number of nitrogens with zero attached hydrogens (tertiary/aromatic N) is 1. The van der Waals surface area contributed by atoms with Gasteiger partial charge < -0.3 is 9.47 Å². The van der Waals surface area contributed by atoms with Gasteiger partial charge >= 0.3 is 0 Å². The Kier molecular flexibility index (Phi) is 4.07. The van der Waals surface area contributed by atoms with Gasteiger partial charge in [-0.1, -0.05) is 13.3 Å². The lowest BCUT2D eigenvalue weighted by Crippen LogP contribution is -2.47. The second kappa shape index (κ2) is 5.22. The summed E-state index contributed by atoms with van der Waals surface area (Å²) in [5.41, 5.74) is 0. The molecule has 0 unspecified atom stereocenters. The highest BCUT2D eigenvalue weighted by atomic mass is 32.2. The first-order valence-corrected chi connectivity index (χ1v) is 7.95. The molecule has 2 saturated heterocycles. The molecule has 2 aliphatic heterocycles. The lowest BCUT2D eigenvalue weighted by molar-refractivity contribution is -0.179. The summed E-state index contributed by atoms with van der Waals surface area (Å²) < 4.78 is 36.7. The number of hydrogen-bond donors (Lipinski definition) is 0. The maximum absolute atomic E-state index is 12.0. The highest BCUT2D eigenvalue weighted by molar-refractivity contribution is 7.89. The monoisotopic (exact) mass is 263 g/mol. The van der Waals surface area contributed by atoms with Crippen LogP contribution in [-0.2, 0) is 19.5 Å². The molecule has 0 atom stereocenters. The molecular weight excluding hydrogens is 242 g/mol. The summed E-state index contributed by atoms with van der Waals surface area (Å²) in [5, 5.41) is 0. The fraction of sp³-hybridized carbons (Fsp3) is 1.00. The Hall–Kier alpha value is -0.170. The fourth-order valence-corrected chi connectivity index (χ4v) is 4.00. The molecule has 0 aromatic carbocycles. The molecular formula is C11H21NO4S. The van der Waals surface area contributed by atoms with E-state index >= 15 is 0 Å². The number of piperidine rings is 1. The number of rotatable bonds is 4. The molecule has 0 saturated carbocycles. The molecule has 0 radical (unpaired) electrons. The Labute approximate surface area is 103 Å². The van der Waals surface area contributed by atoms with Gasteiger partial charge in [0.15, 0.2) is 5.79 Å². The third-order valence-electron chi connectivity index (χ3n) is 3.45. The Balaban J connectivity index is 1.90. The predicted octanol–water partition coefficient (Wildman–Crippen LogP) is 0.955. The van der Waals surface area contributed by atoms with E-state index in [9.17, 15) is 8.42 Å².